The van der Waals surface area contributed by atoms with Gasteiger partial charge in [-0.2, -0.15) is 4.72 Å². The number of halogens is 1. The van der Waals surface area contributed by atoms with E-state index in [1.807, 2.05) is 19.1 Å². The van der Waals surface area contributed by atoms with Gasteiger partial charge in [-0.3, -0.25) is 9.59 Å². The van der Waals surface area contributed by atoms with E-state index in [1.165, 1.54) is 12.1 Å². The molecule has 2 aromatic rings. The van der Waals surface area contributed by atoms with Crippen LogP contribution in [-0.2, 0) is 24.3 Å². The highest BCUT2D eigenvalue weighted by atomic mass is 127. The van der Waals surface area contributed by atoms with E-state index >= 15 is 0 Å². The largest absolute Gasteiger partial charge is 0.455 e. The van der Waals surface area contributed by atoms with E-state index in [0.717, 1.165) is 9.13 Å². The summed E-state index contributed by atoms with van der Waals surface area (Å²) in [4.78, 5) is 23.5. The predicted molar refractivity (Wildman–Crippen MR) is 105 cm³/mol. The zero-order valence-corrected chi connectivity index (χ0v) is 16.8. The van der Waals surface area contributed by atoms with E-state index < -0.39 is 35.1 Å². The molecular formula is C17H17IN2O5S. The summed E-state index contributed by atoms with van der Waals surface area (Å²) in [6, 6.07) is 13.3. The Balaban J connectivity index is 1.80. The summed E-state index contributed by atoms with van der Waals surface area (Å²) < 4.78 is 31.9. The number of sulfonamides is 1. The van der Waals surface area contributed by atoms with Crippen LogP contribution in [0.15, 0.2) is 53.4 Å². The van der Waals surface area contributed by atoms with E-state index in [0.29, 0.717) is 5.69 Å². The summed E-state index contributed by atoms with van der Waals surface area (Å²) in [6.07, 6.45) is 0. The number of para-hydroxylation sites is 1. The third-order valence-corrected chi connectivity index (χ3v) is 5.61. The van der Waals surface area contributed by atoms with Crippen molar-refractivity contribution in [1.29, 1.82) is 0 Å². The van der Waals surface area contributed by atoms with Crippen LogP contribution in [0.1, 0.15) is 5.56 Å². The number of amides is 1. The minimum Gasteiger partial charge on any atom is -0.455 e. The molecule has 0 unspecified atom stereocenters. The summed E-state index contributed by atoms with van der Waals surface area (Å²) in [7, 11) is -3.82. The Morgan fingerprint density at radius 3 is 2.38 bits per heavy atom. The quantitative estimate of drug-likeness (QED) is 0.459. The summed E-state index contributed by atoms with van der Waals surface area (Å²) >= 11 is 2.07. The number of rotatable bonds is 7. The number of nitrogens with one attached hydrogen (secondary N) is 2. The highest BCUT2D eigenvalue weighted by Gasteiger charge is 2.16. The SMILES string of the molecule is Cc1ccc(S(=O)(=O)NCC(=O)OCC(=O)Nc2ccccc2I)cc1. The molecule has 2 aromatic carbocycles. The van der Waals surface area contributed by atoms with E-state index in [1.54, 1.807) is 24.3 Å². The van der Waals surface area contributed by atoms with Crippen molar-refractivity contribution in [2.24, 2.45) is 0 Å². The fraction of sp³-hybridized carbons (Fsp3) is 0.176. The van der Waals surface area contributed by atoms with Crippen molar-refractivity contribution in [3.05, 3.63) is 57.7 Å². The Morgan fingerprint density at radius 2 is 1.73 bits per heavy atom. The standard InChI is InChI=1S/C17H17IN2O5S/c1-12-6-8-13(9-7-12)26(23,24)19-10-17(22)25-11-16(21)20-15-5-3-2-4-14(15)18/h2-9,19H,10-11H2,1H3,(H,20,21). The molecule has 1 amide bonds. The van der Waals surface area contributed by atoms with Crippen LogP contribution in [0.2, 0.25) is 0 Å². The molecule has 0 bridgehead atoms. The smallest absolute Gasteiger partial charge is 0.321 e. The van der Waals surface area contributed by atoms with Crippen LogP contribution >= 0.6 is 22.6 Å². The van der Waals surface area contributed by atoms with Gasteiger partial charge in [0.2, 0.25) is 10.0 Å². The predicted octanol–water partition coefficient (Wildman–Crippen LogP) is 2.06. The van der Waals surface area contributed by atoms with Crippen molar-refractivity contribution in [3.63, 3.8) is 0 Å². The van der Waals surface area contributed by atoms with Gasteiger partial charge >= 0.3 is 5.97 Å². The number of ether oxygens (including phenoxy) is 1. The molecule has 0 saturated heterocycles. The lowest BCUT2D eigenvalue weighted by atomic mass is 10.2. The van der Waals surface area contributed by atoms with Gasteiger partial charge in [-0.15, -0.1) is 0 Å². The summed E-state index contributed by atoms with van der Waals surface area (Å²) in [6.45, 7) is 0.769. The zero-order chi connectivity index (χ0) is 19.2. The first-order valence-corrected chi connectivity index (χ1v) is 10.1. The van der Waals surface area contributed by atoms with Crippen molar-refractivity contribution in [2.75, 3.05) is 18.5 Å². The summed E-state index contributed by atoms with van der Waals surface area (Å²) in [5, 5.41) is 2.61. The molecule has 7 nitrogen and oxygen atoms in total. The van der Waals surface area contributed by atoms with Crippen LogP contribution in [0, 0.1) is 10.5 Å². The number of carbonyl (C=O) groups excluding carboxylic acids is 2. The zero-order valence-electron chi connectivity index (χ0n) is 13.9. The molecule has 0 atom stereocenters. The number of esters is 1. The Labute approximate surface area is 165 Å². The second-order valence-corrected chi connectivity index (χ2v) is 8.26. The van der Waals surface area contributed by atoms with Crippen LogP contribution in [0.3, 0.4) is 0 Å². The monoisotopic (exact) mass is 488 g/mol. The second kappa shape index (κ2) is 9.10. The molecule has 138 valence electrons. The lowest BCUT2D eigenvalue weighted by molar-refractivity contribution is -0.146. The molecule has 0 aliphatic carbocycles. The van der Waals surface area contributed by atoms with Gasteiger partial charge in [-0.25, -0.2) is 8.42 Å². The Morgan fingerprint density at radius 1 is 1.08 bits per heavy atom. The Bertz CT molecular complexity index is 898. The second-order valence-electron chi connectivity index (χ2n) is 5.33. The molecule has 2 N–H and O–H groups in total. The van der Waals surface area contributed by atoms with Gasteiger partial charge in [-0.1, -0.05) is 29.8 Å². The van der Waals surface area contributed by atoms with Gasteiger partial charge in [0, 0.05) is 3.57 Å². The normalized spacial score (nSPS) is 11.0. The van der Waals surface area contributed by atoms with Gasteiger partial charge in [0.1, 0.15) is 6.54 Å². The third-order valence-electron chi connectivity index (χ3n) is 3.25. The molecule has 9 heteroatoms. The minimum absolute atomic E-state index is 0.0484. The maximum absolute atomic E-state index is 12.1. The van der Waals surface area contributed by atoms with E-state index in [2.05, 4.69) is 32.6 Å². The number of hydrogen-bond donors (Lipinski definition) is 2. The van der Waals surface area contributed by atoms with Crippen molar-refractivity contribution >= 4 is 50.2 Å². The van der Waals surface area contributed by atoms with Crippen LogP contribution in [0.4, 0.5) is 5.69 Å². The maximum Gasteiger partial charge on any atom is 0.321 e. The summed E-state index contributed by atoms with van der Waals surface area (Å²) in [5.74, 6) is -1.36. The molecular weight excluding hydrogens is 471 g/mol. The first-order chi connectivity index (χ1) is 12.3. The van der Waals surface area contributed by atoms with E-state index in [-0.39, 0.29) is 4.90 Å². The van der Waals surface area contributed by atoms with Gasteiger partial charge < -0.3 is 10.1 Å². The third kappa shape index (κ3) is 6.07. The highest BCUT2D eigenvalue weighted by Crippen LogP contribution is 2.16. The number of anilines is 1. The molecule has 0 radical (unpaired) electrons. The topological polar surface area (TPSA) is 102 Å². The van der Waals surface area contributed by atoms with Gasteiger partial charge in [0.25, 0.3) is 5.91 Å². The van der Waals surface area contributed by atoms with Gasteiger partial charge in [0.15, 0.2) is 6.61 Å². The fourth-order valence-electron chi connectivity index (χ4n) is 1.90. The minimum atomic E-state index is -3.82. The first-order valence-electron chi connectivity index (χ1n) is 7.54. The number of carbonyl (C=O) groups is 2. The Hall–Kier alpha value is -1.98. The molecule has 0 fully saturated rings. The highest BCUT2D eigenvalue weighted by molar-refractivity contribution is 14.1. The van der Waals surface area contributed by atoms with Crippen molar-refractivity contribution in [1.82, 2.24) is 4.72 Å². The molecule has 0 saturated carbocycles. The number of hydrogen-bond acceptors (Lipinski definition) is 5. The molecule has 26 heavy (non-hydrogen) atoms. The fourth-order valence-corrected chi connectivity index (χ4v) is 3.39. The number of aryl methyl sites for hydroxylation is 1. The average Bonchev–Trinajstić information content (AvgIpc) is 2.60. The molecule has 2 rings (SSSR count). The van der Waals surface area contributed by atoms with Gasteiger partial charge in [0.05, 0.1) is 10.6 Å². The van der Waals surface area contributed by atoms with Crippen LogP contribution in [0.25, 0.3) is 0 Å². The lowest BCUT2D eigenvalue weighted by Crippen LogP contribution is -2.32. The van der Waals surface area contributed by atoms with Crippen molar-refractivity contribution < 1.29 is 22.7 Å². The molecule has 0 spiro atoms. The van der Waals surface area contributed by atoms with Crippen LogP contribution in [-0.4, -0.2) is 33.4 Å². The molecule has 0 aliphatic heterocycles. The Kier molecular flexibility index (Phi) is 7.12. The van der Waals surface area contributed by atoms with E-state index in [4.69, 9.17) is 4.74 Å². The lowest BCUT2D eigenvalue weighted by Gasteiger charge is -2.09. The first kappa shape index (κ1) is 20.3. The average molecular weight is 488 g/mol. The van der Waals surface area contributed by atoms with Gasteiger partial charge in [-0.05, 0) is 53.8 Å². The molecule has 0 aliphatic rings. The van der Waals surface area contributed by atoms with E-state index in [9.17, 15) is 18.0 Å². The van der Waals surface area contributed by atoms with Crippen LogP contribution < -0.4 is 10.0 Å². The van der Waals surface area contributed by atoms with Crippen molar-refractivity contribution in [2.45, 2.75) is 11.8 Å². The van der Waals surface area contributed by atoms with Crippen LogP contribution in [0.5, 0.6) is 0 Å². The summed E-state index contributed by atoms with van der Waals surface area (Å²) in [5.41, 5.74) is 1.52. The number of benzene rings is 2. The molecule has 0 aromatic heterocycles. The molecule has 0 heterocycles. The maximum atomic E-state index is 12.1. The van der Waals surface area contributed by atoms with Crippen molar-refractivity contribution in [3.8, 4) is 0 Å².